The molecule has 1 saturated carbocycles. The minimum absolute atomic E-state index is 0.0468. The highest BCUT2D eigenvalue weighted by Gasteiger charge is 2.22. The van der Waals surface area contributed by atoms with E-state index in [0.717, 1.165) is 12.8 Å². The first-order valence-electron chi connectivity index (χ1n) is 6.16. The first-order valence-corrected chi connectivity index (χ1v) is 7.98. The maximum Gasteiger partial charge on any atom is 0.221 e. The molecule has 0 heterocycles. The Labute approximate surface area is 103 Å². The van der Waals surface area contributed by atoms with Gasteiger partial charge in [-0.2, -0.15) is 0 Å². The molecule has 0 spiro atoms. The van der Waals surface area contributed by atoms with Crippen molar-refractivity contribution in [3.05, 3.63) is 0 Å². The summed E-state index contributed by atoms with van der Waals surface area (Å²) in [6, 6.07) is 0.286. The van der Waals surface area contributed by atoms with Gasteiger partial charge in [-0.05, 0) is 19.8 Å². The molecule has 0 aromatic heterocycles. The van der Waals surface area contributed by atoms with E-state index in [0.29, 0.717) is 19.0 Å². The van der Waals surface area contributed by atoms with Gasteiger partial charge in [0.15, 0.2) is 9.84 Å². The van der Waals surface area contributed by atoms with Gasteiger partial charge in [0.25, 0.3) is 0 Å². The zero-order chi connectivity index (χ0) is 12.9. The molecule has 0 aromatic rings. The van der Waals surface area contributed by atoms with Gasteiger partial charge in [-0.1, -0.05) is 6.92 Å². The molecule has 0 aromatic carbocycles. The van der Waals surface area contributed by atoms with Gasteiger partial charge in [0.2, 0.25) is 5.91 Å². The first kappa shape index (κ1) is 14.4. The quantitative estimate of drug-likeness (QED) is 0.649. The second kappa shape index (κ2) is 6.35. The molecule has 0 saturated heterocycles. The fourth-order valence-electron chi connectivity index (χ4n) is 1.52. The van der Waals surface area contributed by atoms with Crippen LogP contribution >= 0.6 is 0 Å². The molecule has 5 nitrogen and oxygen atoms in total. The third kappa shape index (κ3) is 6.63. The van der Waals surface area contributed by atoms with E-state index in [1.54, 1.807) is 6.92 Å². The molecule has 1 atom stereocenters. The molecule has 1 fully saturated rings. The van der Waals surface area contributed by atoms with Crippen LogP contribution in [0, 0.1) is 0 Å². The van der Waals surface area contributed by atoms with E-state index in [-0.39, 0.29) is 23.5 Å². The Balaban J connectivity index is 2.10. The van der Waals surface area contributed by atoms with Gasteiger partial charge in [0.1, 0.15) is 0 Å². The van der Waals surface area contributed by atoms with Crippen LogP contribution in [0.1, 0.15) is 33.1 Å². The van der Waals surface area contributed by atoms with Crippen LogP contribution in [0.2, 0.25) is 0 Å². The van der Waals surface area contributed by atoms with Gasteiger partial charge in [-0.15, -0.1) is 0 Å². The molecule has 2 N–H and O–H groups in total. The minimum atomic E-state index is -2.94. The predicted octanol–water partition coefficient (Wildman–Crippen LogP) is 0.0679. The molecule has 1 unspecified atom stereocenters. The second-order valence-corrected chi connectivity index (χ2v) is 7.04. The highest BCUT2D eigenvalue weighted by Crippen LogP contribution is 2.18. The van der Waals surface area contributed by atoms with E-state index < -0.39 is 9.84 Å². The van der Waals surface area contributed by atoms with Gasteiger partial charge < -0.3 is 10.6 Å². The number of rotatable bonds is 8. The summed E-state index contributed by atoms with van der Waals surface area (Å²) in [5.74, 6) is 0.347. The van der Waals surface area contributed by atoms with Gasteiger partial charge in [-0.3, -0.25) is 4.79 Å². The van der Waals surface area contributed by atoms with Crippen molar-refractivity contribution in [3.63, 3.8) is 0 Å². The third-order valence-electron chi connectivity index (χ3n) is 2.73. The predicted molar refractivity (Wildman–Crippen MR) is 67.6 cm³/mol. The molecule has 100 valence electrons. The summed E-state index contributed by atoms with van der Waals surface area (Å²) in [7, 11) is -2.94. The maximum absolute atomic E-state index is 11.3. The Kier molecular flexibility index (Phi) is 5.39. The number of hydrogen-bond acceptors (Lipinski definition) is 4. The average molecular weight is 262 g/mol. The van der Waals surface area contributed by atoms with Crippen molar-refractivity contribution < 1.29 is 13.2 Å². The Bertz CT molecular complexity index is 350. The molecule has 1 aliphatic rings. The summed E-state index contributed by atoms with van der Waals surface area (Å²) in [6.45, 7) is 4.00. The Hall–Kier alpha value is -0.620. The van der Waals surface area contributed by atoms with Crippen LogP contribution in [0.3, 0.4) is 0 Å². The smallest absolute Gasteiger partial charge is 0.221 e. The zero-order valence-electron chi connectivity index (χ0n) is 10.5. The van der Waals surface area contributed by atoms with Crippen LogP contribution in [0.4, 0.5) is 0 Å². The lowest BCUT2D eigenvalue weighted by Crippen LogP contribution is -2.36. The van der Waals surface area contributed by atoms with E-state index in [9.17, 15) is 13.2 Å². The van der Waals surface area contributed by atoms with E-state index in [1.807, 2.05) is 6.92 Å². The molecule has 1 amide bonds. The fraction of sp³-hybridized carbons (Fsp3) is 0.909. The van der Waals surface area contributed by atoms with E-state index in [2.05, 4.69) is 10.6 Å². The molecule has 0 radical (unpaired) electrons. The Morgan fingerprint density at radius 1 is 1.41 bits per heavy atom. The first-order chi connectivity index (χ1) is 7.93. The van der Waals surface area contributed by atoms with Crippen LogP contribution < -0.4 is 10.6 Å². The van der Waals surface area contributed by atoms with Crippen LogP contribution in [0.25, 0.3) is 0 Å². The molecule has 0 bridgehead atoms. The topological polar surface area (TPSA) is 75.3 Å². The largest absolute Gasteiger partial charge is 0.353 e. The number of amides is 1. The molecule has 1 rings (SSSR count). The van der Waals surface area contributed by atoms with Gasteiger partial charge in [0, 0.05) is 30.8 Å². The highest BCUT2D eigenvalue weighted by molar-refractivity contribution is 7.91. The second-order valence-electron chi connectivity index (χ2n) is 4.65. The number of carbonyl (C=O) groups excluding carboxylic acids is 1. The van der Waals surface area contributed by atoms with Crippen LogP contribution in [-0.2, 0) is 14.6 Å². The summed E-state index contributed by atoms with van der Waals surface area (Å²) in [5, 5.41) is 5.95. The van der Waals surface area contributed by atoms with Crippen LogP contribution in [0.15, 0.2) is 0 Å². The lowest BCUT2D eigenvalue weighted by Gasteiger charge is -2.13. The minimum Gasteiger partial charge on any atom is -0.353 e. The van der Waals surface area contributed by atoms with Crippen molar-refractivity contribution in [2.45, 2.75) is 45.2 Å². The number of carbonyl (C=O) groups is 1. The highest BCUT2D eigenvalue weighted by atomic mass is 32.2. The molecule has 17 heavy (non-hydrogen) atoms. The molecule has 0 aliphatic heterocycles. The van der Waals surface area contributed by atoms with Crippen molar-refractivity contribution in [3.8, 4) is 0 Å². The zero-order valence-corrected chi connectivity index (χ0v) is 11.3. The molecule has 6 heteroatoms. The van der Waals surface area contributed by atoms with Crippen LogP contribution in [-0.4, -0.2) is 44.5 Å². The standard InChI is InChI=1S/C11H22N2O3S/c1-3-17(15,16)8-9(2)12-7-6-11(14)13-10-4-5-10/h9-10,12H,3-8H2,1-2H3,(H,13,14). The monoisotopic (exact) mass is 262 g/mol. The summed E-state index contributed by atoms with van der Waals surface area (Å²) in [4.78, 5) is 11.3. The molecular weight excluding hydrogens is 240 g/mol. The fourth-order valence-corrected chi connectivity index (χ4v) is 2.63. The van der Waals surface area contributed by atoms with Crippen molar-refractivity contribution in [2.75, 3.05) is 18.1 Å². The normalized spacial score (nSPS) is 17.8. The van der Waals surface area contributed by atoms with Gasteiger partial charge in [-0.25, -0.2) is 8.42 Å². The lowest BCUT2D eigenvalue weighted by atomic mass is 10.3. The number of sulfone groups is 1. The van der Waals surface area contributed by atoms with Crippen molar-refractivity contribution >= 4 is 15.7 Å². The lowest BCUT2D eigenvalue weighted by molar-refractivity contribution is -0.121. The average Bonchev–Trinajstić information content (AvgIpc) is 3.01. The Morgan fingerprint density at radius 3 is 2.59 bits per heavy atom. The third-order valence-corrected chi connectivity index (χ3v) is 4.62. The van der Waals surface area contributed by atoms with E-state index in [4.69, 9.17) is 0 Å². The summed E-state index contributed by atoms with van der Waals surface area (Å²) in [6.07, 6.45) is 2.58. The van der Waals surface area contributed by atoms with Crippen molar-refractivity contribution in [1.29, 1.82) is 0 Å². The van der Waals surface area contributed by atoms with E-state index in [1.165, 1.54) is 0 Å². The van der Waals surface area contributed by atoms with Gasteiger partial charge in [0.05, 0.1) is 5.75 Å². The Morgan fingerprint density at radius 2 is 2.06 bits per heavy atom. The van der Waals surface area contributed by atoms with Crippen LogP contribution in [0.5, 0.6) is 0 Å². The number of hydrogen-bond donors (Lipinski definition) is 2. The maximum atomic E-state index is 11.3. The molecular formula is C11H22N2O3S. The number of nitrogens with one attached hydrogen (secondary N) is 2. The summed E-state index contributed by atoms with van der Waals surface area (Å²) in [5.41, 5.74) is 0. The van der Waals surface area contributed by atoms with E-state index >= 15 is 0 Å². The SMILES string of the molecule is CCS(=O)(=O)CC(C)NCCC(=O)NC1CC1. The summed E-state index contributed by atoms with van der Waals surface area (Å²) < 4.78 is 22.7. The van der Waals surface area contributed by atoms with Crippen molar-refractivity contribution in [2.24, 2.45) is 0 Å². The van der Waals surface area contributed by atoms with Crippen molar-refractivity contribution in [1.82, 2.24) is 10.6 Å². The molecule has 1 aliphatic carbocycles. The van der Waals surface area contributed by atoms with Gasteiger partial charge >= 0.3 is 0 Å². The summed E-state index contributed by atoms with van der Waals surface area (Å²) >= 11 is 0.